The summed E-state index contributed by atoms with van der Waals surface area (Å²) >= 11 is 0. The number of fused-ring (bicyclic) bond motifs is 2. The molecule has 2 aromatic heterocycles. The zero-order valence-corrected chi connectivity index (χ0v) is 9.23. The van der Waals surface area contributed by atoms with E-state index in [2.05, 4.69) is 15.0 Å². The SMILES string of the molecule is [2H]c1c([2H])c([2H])c2c(nc([2H])n2[2H])c1[2H].c1ccc2[nH]cnc2c1. The van der Waals surface area contributed by atoms with Crippen molar-refractivity contribution in [3.8, 4) is 0 Å². The van der Waals surface area contributed by atoms with E-state index >= 15 is 0 Å². The molecule has 4 rings (SSSR count). The molecule has 0 aliphatic carbocycles. The molecule has 4 aromatic rings. The van der Waals surface area contributed by atoms with Crippen LogP contribution < -0.4 is 0 Å². The molecule has 0 aliphatic rings. The van der Waals surface area contributed by atoms with Crippen LogP contribution in [0.15, 0.2) is 61.1 Å². The molecule has 0 fully saturated rings. The average molecular weight is 242 g/mol. The molecule has 2 aromatic carbocycles. The fourth-order valence-corrected chi connectivity index (χ4v) is 1.47. The highest BCUT2D eigenvalue weighted by atomic mass is 14.9. The summed E-state index contributed by atoms with van der Waals surface area (Å²) in [6.07, 6.45) is 1.29. The van der Waals surface area contributed by atoms with Crippen molar-refractivity contribution in [1.82, 2.24) is 19.9 Å². The van der Waals surface area contributed by atoms with E-state index in [0.29, 0.717) is 4.98 Å². The third-order valence-electron chi connectivity index (χ3n) is 2.30. The van der Waals surface area contributed by atoms with Crippen molar-refractivity contribution in [1.29, 1.82) is 0 Å². The first-order valence-electron chi connectivity index (χ1n) is 8.19. The summed E-state index contributed by atoms with van der Waals surface area (Å²) in [5.74, 6) is 0. The summed E-state index contributed by atoms with van der Waals surface area (Å²) in [6, 6.07) is 6.47. The summed E-state index contributed by atoms with van der Waals surface area (Å²) in [6.45, 7) is 0. The number of aromatic nitrogens is 4. The minimum absolute atomic E-state index is 0.0407. The molecule has 2 N–H and O–H groups in total. The number of aromatic amines is 2. The maximum absolute atomic E-state index is 7.52. The van der Waals surface area contributed by atoms with Crippen molar-refractivity contribution < 1.29 is 8.27 Å². The van der Waals surface area contributed by atoms with Gasteiger partial charge in [-0.15, -0.1) is 0 Å². The summed E-state index contributed by atoms with van der Waals surface area (Å²) in [4.78, 5) is 11.3. The van der Waals surface area contributed by atoms with E-state index in [1.165, 1.54) is 0 Å². The van der Waals surface area contributed by atoms with Gasteiger partial charge in [-0.05, 0) is 24.2 Å². The van der Waals surface area contributed by atoms with Crippen molar-refractivity contribution in [2.75, 3.05) is 0 Å². The summed E-state index contributed by atoms with van der Waals surface area (Å²) in [5, 5.41) is 0. The van der Waals surface area contributed by atoms with E-state index in [1.54, 1.807) is 6.33 Å². The molecule has 0 radical (unpaired) electrons. The molecule has 0 unspecified atom stereocenters. The first-order valence-corrected chi connectivity index (χ1v) is 5.24. The van der Waals surface area contributed by atoms with Crippen LogP contribution in [0.5, 0.6) is 0 Å². The van der Waals surface area contributed by atoms with Gasteiger partial charge in [-0.2, -0.15) is 0 Å². The highest BCUT2D eigenvalue weighted by Gasteiger charge is 1.89. The molecule has 0 atom stereocenters. The second-order valence-electron chi connectivity index (χ2n) is 3.44. The topological polar surface area (TPSA) is 57.4 Å². The Hall–Kier alpha value is -2.62. The van der Waals surface area contributed by atoms with Gasteiger partial charge in [-0.3, -0.25) is 0 Å². The number of hydrogen-bond acceptors (Lipinski definition) is 2. The van der Waals surface area contributed by atoms with Gasteiger partial charge >= 0.3 is 0 Å². The van der Waals surface area contributed by atoms with Crippen LogP contribution in [-0.2, 0) is 0 Å². The van der Waals surface area contributed by atoms with E-state index in [0.717, 1.165) is 11.0 Å². The van der Waals surface area contributed by atoms with Crippen molar-refractivity contribution in [3.05, 3.63) is 61.1 Å². The van der Waals surface area contributed by atoms with Crippen molar-refractivity contribution in [2.24, 2.45) is 0 Å². The van der Waals surface area contributed by atoms with Gasteiger partial charge in [0.1, 0.15) is 1.37 Å². The van der Waals surface area contributed by atoms with Gasteiger partial charge in [-0.1, -0.05) is 24.2 Å². The van der Waals surface area contributed by atoms with Crippen LogP contribution in [0.4, 0.5) is 0 Å². The van der Waals surface area contributed by atoms with Gasteiger partial charge in [0, 0.05) is 0 Å². The Labute approximate surface area is 112 Å². The Bertz CT molecular complexity index is 1010. The number of hydrogen-bond donors (Lipinski definition) is 2. The Morgan fingerprint density at radius 2 is 1.89 bits per heavy atom. The number of nitrogens with zero attached hydrogens (tertiary/aromatic N) is 2. The normalized spacial score (nSPS) is 14.9. The summed E-state index contributed by atoms with van der Waals surface area (Å²) in [7, 11) is 0. The highest BCUT2D eigenvalue weighted by molar-refractivity contribution is 5.74. The van der Waals surface area contributed by atoms with Crippen LogP contribution in [-0.4, -0.2) is 19.9 Å². The largest absolute Gasteiger partial charge is 0.345 e. The van der Waals surface area contributed by atoms with Gasteiger partial charge in [0.25, 0.3) is 0 Å². The third kappa shape index (κ3) is 2.08. The number of benzene rings is 2. The molecule has 0 bridgehead atoms. The standard InChI is InChI=1S/2C7H6N2/c2*1-2-4-7-6(3-1)8-5-9-7/h2*1-5H,(H,8,9)/i1D,2D,3D,4D,5D;/hD. The minimum atomic E-state index is -0.416. The molecule has 2 heterocycles. The third-order valence-corrected chi connectivity index (χ3v) is 2.30. The molecular formula is C14H12N4. The van der Waals surface area contributed by atoms with E-state index in [9.17, 15) is 0 Å². The molecular weight excluding hydrogens is 224 g/mol. The lowest BCUT2D eigenvalue weighted by Crippen LogP contribution is -1.63. The quantitative estimate of drug-likeness (QED) is 0.497. The molecule has 0 saturated carbocycles. The molecule has 0 spiro atoms. The molecule has 0 aliphatic heterocycles. The summed E-state index contributed by atoms with van der Waals surface area (Å²) in [5.41, 5.74) is 2.02. The smallest absolute Gasteiger partial charge is 0.168 e. The number of rotatable bonds is 0. The fraction of sp³-hybridized carbons (Fsp3) is 0. The second kappa shape index (κ2) is 4.71. The number of imidazole rings is 2. The van der Waals surface area contributed by atoms with E-state index in [1.807, 2.05) is 24.3 Å². The minimum Gasteiger partial charge on any atom is -0.345 e. The van der Waals surface area contributed by atoms with Gasteiger partial charge in [-0.25, -0.2) is 9.97 Å². The Balaban J connectivity index is 0.000000159. The lowest BCUT2D eigenvalue weighted by Gasteiger charge is -1.81. The number of H-pyrrole nitrogens is 2. The van der Waals surface area contributed by atoms with Crippen LogP contribution in [0.25, 0.3) is 22.1 Å². The van der Waals surface area contributed by atoms with Gasteiger partial charge in [0.05, 0.1) is 40.2 Å². The summed E-state index contributed by atoms with van der Waals surface area (Å²) < 4.78 is 44.4. The van der Waals surface area contributed by atoms with Gasteiger partial charge in [0.15, 0.2) is 1.41 Å². The monoisotopic (exact) mass is 242 g/mol. The lowest BCUT2D eigenvalue weighted by molar-refractivity contribution is 1.34. The number of para-hydroxylation sites is 4. The highest BCUT2D eigenvalue weighted by Crippen LogP contribution is 2.06. The second-order valence-corrected chi connectivity index (χ2v) is 3.44. The van der Waals surface area contributed by atoms with Gasteiger partial charge < -0.3 is 9.96 Å². The van der Waals surface area contributed by atoms with Crippen LogP contribution in [0, 0.1) is 0 Å². The fourth-order valence-electron chi connectivity index (χ4n) is 1.47. The maximum Gasteiger partial charge on any atom is 0.168 e. The van der Waals surface area contributed by atoms with E-state index < -0.39 is 18.4 Å². The number of nitrogens with one attached hydrogen (secondary N) is 2. The molecule has 18 heavy (non-hydrogen) atoms. The van der Waals surface area contributed by atoms with Crippen molar-refractivity contribution in [3.63, 3.8) is 0 Å². The van der Waals surface area contributed by atoms with Crippen LogP contribution in [0.1, 0.15) is 6.85 Å². The molecule has 0 amide bonds. The zero-order chi connectivity index (χ0) is 17.4. The van der Waals surface area contributed by atoms with Crippen LogP contribution in [0.2, 0.25) is 1.41 Å². The first kappa shape index (κ1) is 5.82. The maximum atomic E-state index is 7.52. The predicted molar refractivity (Wildman–Crippen MR) is 72.2 cm³/mol. The van der Waals surface area contributed by atoms with Crippen molar-refractivity contribution >= 4 is 22.1 Å². The zero-order valence-electron chi connectivity index (χ0n) is 15.2. The van der Waals surface area contributed by atoms with Crippen molar-refractivity contribution in [2.45, 2.75) is 0 Å². The molecule has 88 valence electrons. The van der Waals surface area contributed by atoms with Gasteiger partial charge in [0.2, 0.25) is 0 Å². The first-order chi connectivity index (χ1) is 11.4. The molecule has 4 heteroatoms. The Kier molecular flexibility index (Phi) is 1.52. The lowest BCUT2D eigenvalue weighted by atomic mass is 10.3. The Morgan fingerprint density at radius 1 is 1.00 bits per heavy atom. The van der Waals surface area contributed by atoms with E-state index in [4.69, 9.17) is 8.27 Å². The Morgan fingerprint density at radius 3 is 2.83 bits per heavy atom. The average Bonchev–Trinajstić information content (AvgIpc) is 3.17. The predicted octanol–water partition coefficient (Wildman–Crippen LogP) is 3.13. The molecule has 0 saturated heterocycles. The van der Waals surface area contributed by atoms with Crippen LogP contribution >= 0.6 is 0 Å². The van der Waals surface area contributed by atoms with Crippen LogP contribution in [0.3, 0.4) is 0 Å². The molecule has 4 nitrogen and oxygen atoms in total. The van der Waals surface area contributed by atoms with E-state index in [-0.39, 0.29) is 23.1 Å².